The number of esters is 1. The van der Waals surface area contributed by atoms with Crippen molar-refractivity contribution in [3.8, 4) is 0 Å². The van der Waals surface area contributed by atoms with E-state index in [0.29, 0.717) is 77.2 Å². The molecule has 0 spiro atoms. The number of halogens is 1. The molecular weight excluding hydrogens is 540 g/mol. The molecular formula is C26H49ClO12. The number of carbonyl (C=O) groups excluding carboxylic acids is 2. The zero-order valence-corrected chi connectivity index (χ0v) is 24.6. The smallest absolute Gasteiger partial charge is 0.333 e. The second kappa shape index (κ2) is 32.8. The third-order valence-corrected chi connectivity index (χ3v) is 4.14. The van der Waals surface area contributed by atoms with Crippen LogP contribution in [0.5, 0.6) is 0 Å². The molecule has 0 aromatic heterocycles. The van der Waals surface area contributed by atoms with Crippen LogP contribution in [0.15, 0.2) is 24.3 Å². The van der Waals surface area contributed by atoms with Gasteiger partial charge in [0.1, 0.15) is 6.61 Å². The zero-order chi connectivity index (χ0) is 30.3. The molecule has 232 valence electrons. The van der Waals surface area contributed by atoms with Crippen molar-refractivity contribution in [2.45, 2.75) is 39.9 Å². The van der Waals surface area contributed by atoms with Crippen LogP contribution in [-0.4, -0.2) is 131 Å². The van der Waals surface area contributed by atoms with Crippen LogP contribution in [0.3, 0.4) is 0 Å². The van der Waals surface area contributed by atoms with Crippen LogP contribution in [0.4, 0.5) is 0 Å². The number of aliphatic hydroxyl groups excluding tert-OH is 3. The Balaban J connectivity index is -0.000000566. The molecule has 0 aliphatic rings. The topological polar surface area (TPSA) is 159 Å². The van der Waals surface area contributed by atoms with Gasteiger partial charge in [0.2, 0.25) is 5.24 Å². The van der Waals surface area contributed by atoms with Gasteiger partial charge in [-0.15, -0.1) is 0 Å². The third kappa shape index (κ3) is 38.8. The predicted molar refractivity (Wildman–Crippen MR) is 147 cm³/mol. The zero-order valence-electron chi connectivity index (χ0n) is 23.9. The molecule has 0 heterocycles. The van der Waals surface area contributed by atoms with Crippen LogP contribution in [0, 0.1) is 0 Å². The largest absolute Gasteiger partial charge is 0.460 e. The van der Waals surface area contributed by atoms with Gasteiger partial charge in [-0.25, -0.2) is 4.79 Å². The van der Waals surface area contributed by atoms with Gasteiger partial charge >= 0.3 is 5.97 Å². The highest BCUT2D eigenvalue weighted by atomic mass is 35.5. The fourth-order valence-electron chi connectivity index (χ4n) is 1.93. The second-order valence-electron chi connectivity index (χ2n) is 7.88. The first-order chi connectivity index (χ1) is 18.5. The number of aliphatic hydroxyl groups is 3. The van der Waals surface area contributed by atoms with E-state index in [1.54, 1.807) is 13.8 Å². The molecule has 0 rings (SSSR count). The van der Waals surface area contributed by atoms with Gasteiger partial charge in [0.15, 0.2) is 0 Å². The minimum atomic E-state index is -0.463. The molecule has 0 saturated heterocycles. The number of hydrogen-bond donors (Lipinski definition) is 3. The average Bonchev–Trinajstić information content (AvgIpc) is 2.88. The molecule has 2 atom stereocenters. The molecule has 3 N–H and O–H groups in total. The first kappa shape index (κ1) is 42.0. The minimum Gasteiger partial charge on any atom is -0.460 e. The van der Waals surface area contributed by atoms with E-state index in [2.05, 4.69) is 13.2 Å². The monoisotopic (exact) mass is 588 g/mol. The molecule has 0 aromatic carbocycles. The van der Waals surface area contributed by atoms with E-state index in [0.717, 1.165) is 0 Å². The van der Waals surface area contributed by atoms with Crippen molar-refractivity contribution in [3.63, 3.8) is 0 Å². The summed E-state index contributed by atoms with van der Waals surface area (Å²) in [6.45, 7) is 18.1. The standard InChI is InChI=1S/C13H24O6.C9H20O5.C4H5ClO/c1-11(2)13(15)19-9-7-16-6-8-18-12(3)10-17-5-4-14;1-9(8-13-5-3-11)14-7-6-12-4-2-10;1-3(2)4(5)6/h12,14H,1,4-10H2,2-3H3;9-11H,2-8H2,1H3;1H2,2H3. The normalized spacial score (nSPS) is 11.8. The van der Waals surface area contributed by atoms with E-state index in [-0.39, 0.29) is 38.6 Å². The van der Waals surface area contributed by atoms with Crippen LogP contribution in [0.1, 0.15) is 27.7 Å². The second-order valence-corrected chi connectivity index (χ2v) is 8.22. The van der Waals surface area contributed by atoms with Crippen LogP contribution < -0.4 is 0 Å². The molecule has 0 fully saturated rings. The SMILES string of the molecule is C=C(C)C(=O)Cl.C=C(C)C(=O)OCCOCCOC(C)COCCO.CC(COCCO)OCCOCCO. The molecule has 0 bridgehead atoms. The van der Waals surface area contributed by atoms with E-state index >= 15 is 0 Å². The first-order valence-corrected chi connectivity index (χ1v) is 13.0. The van der Waals surface area contributed by atoms with E-state index in [9.17, 15) is 9.59 Å². The fraction of sp³-hybridized carbons (Fsp3) is 0.769. The number of ether oxygens (including phenoxy) is 7. The predicted octanol–water partition coefficient (Wildman–Crippen LogP) is 1.27. The Kier molecular flexibility index (Phi) is 35.3. The Morgan fingerprint density at radius 3 is 1.36 bits per heavy atom. The maximum Gasteiger partial charge on any atom is 0.333 e. The Labute approximate surface area is 237 Å². The van der Waals surface area contributed by atoms with Gasteiger partial charge in [-0.1, -0.05) is 13.2 Å². The van der Waals surface area contributed by atoms with E-state index in [4.69, 9.17) is 60.1 Å². The van der Waals surface area contributed by atoms with Crippen molar-refractivity contribution in [2.24, 2.45) is 0 Å². The molecule has 13 heteroatoms. The lowest BCUT2D eigenvalue weighted by Crippen LogP contribution is -2.20. The minimum absolute atomic E-state index is 0.000670. The number of hydrogen-bond acceptors (Lipinski definition) is 12. The highest BCUT2D eigenvalue weighted by Gasteiger charge is 2.04. The van der Waals surface area contributed by atoms with Crippen molar-refractivity contribution in [1.82, 2.24) is 0 Å². The summed E-state index contributed by atoms with van der Waals surface area (Å²) in [5.41, 5.74) is 0.761. The Morgan fingerprint density at radius 1 is 0.641 bits per heavy atom. The van der Waals surface area contributed by atoms with Gasteiger partial charge in [0.25, 0.3) is 0 Å². The molecule has 0 aliphatic heterocycles. The number of rotatable bonds is 23. The van der Waals surface area contributed by atoms with E-state index < -0.39 is 11.2 Å². The molecule has 0 amide bonds. The van der Waals surface area contributed by atoms with E-state index in [1.165, 1.54) is 0 Å². The van der Waals surface area contributed by atoms with Crippen LogP contribution >= 0.6 is 11.6 Å². The number of carbonyl (C=O) groups is 2. The quantitative estimate of drug-likeness (QED) is 0.0680. The lowest BCUT2D eigenvalue weighted by molar-refractivity contribution is -0.140. The molecule has 0 saturated carbocycles. The lowest BCUT2D eigenvalue weighted by Gasteiger charge is -2.13. The summed E-state index contributed by atoms with van der Waals surface area (Å²) in [4.78, 5) is 20.8. The molecule has 2 unspecified atom stereocenters. The Bertz CT molecular complexity index is 591. The lowest BCUT2D eigenvalue weighted by atomic mass is 10.4. The molecule has 12 nitrogen and oxygen atoms in total. The Morgan fingerprint density at radius 2 is 1.00 bits per heavy atom. The summed E-state index contributed by atoms with van der Waals surface area (Å²) in [6, 6.07) is 0. The maximum atomic E-state index is 11.0. The van der Waals surface area contributed by atoms with Crippen LogP contribution in [0.25, 0.3) is 0 Å². The fourth-order valence-corrected chi connectivity index (χ4v) is 1.93. The third-order valence-electron chi connectivity index (χ3n) is 3.82. The maximum absolute atomic E-state index is 11.0. The highest BCUT2D eigenvalue weighted by Crippen LogP contribution is 1.94. The highest BCUT2D eigenvalue weighted by molar-refractivity contribution is 6.67. The van der Waals surface area contributed by atoms with Gasteiger partial charge in [0.05, 0.1) is 98.1 Å². The first-order valence-electron chi connectivity index (χ1n) is 12.6. The summed E-state index contributed by atoms with van der Waals surface area (Å²) in [5, 5.41) is 24.9. The van der Waals surface area contributed by atoms with Crippen molar-refractivity contribution >= 4 is 22.8 Å². The van der Waals surface area contributed by atoms with Crippen molar-refractivity contribution in [3.05, 3.63) is 24.3 Å². The van der Waals surface area contributed by atoms with Crippen molar-refractivity contribution in [2.75, 3.05) is 92.5 Å². The summed E-state index contributed by atoms with van der Waals surface area (Å²) in [7, 11) is 0. The van der Waals surface area contributed by atoms with Crippen LogP contribution in [-0.2, 0) is 42.7 Å². The average molecular weight is 589 g/mol. The summed E-state index contributed by atoms with van der Waals surface area (Å²) in [6.07, 6.45) is -0.0457. The number of allylic oxidation sites excluding steroid dienone is 1. The molecule has 0 aliphatic carbocycles. The molecule has 39 heavy (non-hydrogen) atoms. The molecule has 0 radical (unpaired) electrons. The summed E-state index contributed by atoms with van der Waals surface area (Å²) in [5.74, 6) is -0.408. The van der Waals surface area contributed by atoms with Gasteiger partial charge < -0.3 is 48.5 Å². The van der Waals surface area contributed by atoms with Gasteiger partial charge in [-0.05, 0) is 39.3 Å². The van der Waals surface area contributed by atoms with Gasteiger partial charge in [0, 0.05) is 11.1 Å². The summed E-state index contributed by atoms with van der Waals surface area (Å²) >= 11 is 4.87. The van der Waals surface area contributed by atoms with Crippen molar-refractivity contribution in [1.29, 1.82) is 0 Å². The Hall–Kier alpha value is -1.45. The summed E-state index contributed by atoms with van der Waals surface area (Å²) < 4.78 is 36.0. The van der Waals surface area contributed by atoms with Gasteiger partial charge in [-0.3, -0.25) is 4.79 Å². The molecule has 0 aromatic rings. The van der Waals surface area contributed by atoms with Crippen molar-refractivity contribution < 1.29 is 58.1 Å². The van der Waals surface area contributed by atoms with E-state index in [1.807, 2.05) is 13.8 Å². The van der Waals surface area contributed by atoms with Crippen LogP contribution in [0.2, 0.25) is 0 Å². The van der Waals surface area contributed by atoms with Gasteiger partial charge in [-0.2, -0.15) is 0 Å².